The van der Waals surface area contributed by atoms with Crippen LogP contribution in [0.2, 0.25) is 0 Å². The van der Waals surface area contributed by atoms with Gasteiger partial charge in [0, 0.05) is 17.7 Å². The maximum Gasteiger partial charge on any atom is 0.167 e. The Bertz CT molecular complexity index is 605. The van der Waals surface area contributed by atoms with E-state index in [2.05, 4.69) is 0 Å². The Morgan fingerprint density at radius 1 is 1.21 bits per heavy atom. The quantitative estimate of drug-likeness (QED) is 0.675. The molecule has 2 aromatic rings. The van der Waals surface area contributed by atoms with Crippen LogP contribution in [0.1, 0.15) is 21.5 Å². The molecule has 0 unspecified atom stereocenters. The Kier molecular flexibility index (Phi) is 3.85. The van der Waals surface area contributed by atoms with E-state index < -0.39 is 0 Å². The van der Waals surface area contributed by atoms with E-state index >= 15 is 0 Å². The number of methoxy groups -OCH3 is 1. The number of nitrogens with two attached hydrogens (primary N) is 1. The van der Waals surface area contributed by atoms with Crippen molar-refractivity contribution in [3.8, 4) is 5.75 Å². The van der Waals surface area contributed by atoms with Crippen molar-refractivity contribution < 1.29 is 9.53 Å². The molecule has 2 rings (SSSR count). The Hall–Kier alpha value is -2.29. The van der Waals surface area contributed by atoms with E-state index in [4.69, 9.17) is 10.5 Å². The first-order chi connectivity index (χ1) is 9.10. The molecule has 2 N–H and O–H groups in total. The van der Waals surface area contributed by atoms with Gasteiger partial charge in [-0.05, 0) is 36.2 Å². The summed E-state index contributed by atoms with van der Waals surface area (Å²) in [6, 6.07) is 12.9. The van der Waals surface area contributed by atoms with Gasteiger partial charge in [0.25, 0.3) is 0 Å². The van der Waals surface area contributed by atoms with Gasteiger partial charge in [0.2, 0.25) is 0 Å². The van der Waals surface area contributed by atoms with Crippen LogP contribution >= 0.6 is 0 Å². The monoisotopic (exact) mass is 255 g/mol. The molecule has 0 aromatic heterocycles. The Morgan fingerprint density at radius 2 is 2.00 bits per heavy atom. The minimum Gasteiger partial charge on any atom is -0.497 e. The lowest BCUT2D eigenvalue weighted by Crippen LogP contribution is -2.05. The molecule has 0 atom stereocenters. The van der Waals surface area contributed by atoms with Gasteiger partial charge in [-0.15, -0.1) is 0 Å². The number of nitrogen functional groups attached to an aromatic ring is 1. The van der Waals surface area contributed by atoms with E-state index in [0.717, 1.165) is 16.9 Å². The predicted octanol–water partition coefficient (Wildman–Crippen LogP) is 3.01. The zero-order valence-corrected chi connectivity index (χ0v) is 11.1. The summed E-state index contributed by atoms with van der Waals surface area (Å²) < 4.78 is 5.15. The van der Waals surface area contributed by atoms with Gasteiger partial charge < -0.3 is 10.5 Å². The zero-order valence-electron chi connectivity index (χ0n) is 11.1. The highest BCUT2D eigenvalue weighted by Crippen LogP contribution is 2.17. The van der Waals surface area contributed by atoms with E-state index in [1.54, 1.807) is 13.2 Å². The van der Waals surface area contributed by atoms with Crippen LogP contribution in [-0.2, 0) is 6.42 Å². The summed E-state index contributed by atoms with van der Waals surface area (Å²) >= 11 is 0. The van der Waals surface area contributed by atoms with Crippen LogP contribution in [0, 0.1) is 6.92 Å². The highest BCUT2D eigenvalue weighted by Gasteiger charge is 2.08. The number of ether oxygens (including phenoxy) is 1. The first-order valence-corrected chi connectivity index (χ1v) is 6.12. The fourth-order valence-electron chi connectivity index (χ4n) is 1.88. The largest absolute Gasteiger partial charge is 0.497 e. The van der Waals surface area contributed by atoms with Gasteiger partial charge in [-0.1, -0.05) is 24.3 Å². The summed E-state index contributed by atoms with van der Waals surface area (Å²) in [6.07, 6.45) is 0.347. The number of carbonyl (C=O) groups excluding carboxylic acids is 1. The Balaban J connectivity index is 2.18. The Morgan fingerprint density at radius 3 is 2.68 bits per heavy atom. The Labute approximate surface area is 113 Å². The molecule has 0 fully saturated rings. The molecule has 0 radical (unpaired) electrons. The number of anilines is 1. The predicted molar refractivity (Wildman–Crippen MR) is 76.6 cm³/mol. The lowest BCUT2D eigenvalue weighted by atomic mass is 10.0. The molecule has 0 aliphatic heterocycles. The molecule has 0 aliphatic carbocycles. The third-order valence-corrected chi connectivity index (χ3v) is 3.10. The second kappa shape index (κ2) is 5.57. The molecule has 2 aromatic carbocycles. The van der Waals surface area contributed by atoms with Gasteiger partial charge in [0.05, 0.1) is 7.11 Å². The average Bonchev–Trinajstić information content (AvgIpc) is 2.42. The number of hydrogen-bond donors (Lipinski definition) is 1. The van der Waals surface area contributed by atoms with Crippen LogP contribution in [0.4, 0.5) is 5.69 Å². The standard InChI is InChI=1S/C16H17NO2/c1-11-6-7-13(10-15(11)17)16(18)9-12-4-3-5-14(8-12)19-2/h3-8,10H,9,17H2,1-2H3. The lowest BCUT2D eigenvalue weighted by Gasteiger charge is -2.06. The first-order valence-electron chi connectivity index (χ1n) is 6.12. The normalized spacial score (nSPS) is 10.2. The number of rotatable bonds is 4. The summed E-state index contributed by atoms with van der Waals surface area (Å²) in [6.45, 7) is 1.92. The van der Waals surface area contributed by atoms with Crippen molar-refractivity contribution in [1.29, 1.82) is 0 Å². The van der Waals surface area contributed by atoms with Crippen LogP contribution < -0.4 is 10.5 Å². The van der Waals surface area contributed by atoms with E-state index in [0.29, 0.717) is 17.7 Å². The van der Waals surface area contributed by atoms with Crippen molar-refractivity contribution in [3.63, 3.8) is 0 Å². The number of carbonyl (C=O) groups is 1. The van der Waals surface area contributed by atoms with Crippen LogP contribution in [-0.4, -0.2) is 12.9 Å². The summed E-state index contributed by atoms with van der Waals surface area (Å²) in [5.74, 6) is 0.814. The molecule has 0 bridgehead atoms. The summed E-state index contributed by atoms with van der Waals surface area (Å²) in [4.78, 5) is 12.2. The van der Waals surface area contributed by atoms with E-state index in [9.17, 15) is 4.79 Å². The second-order valence-corrected chi connectivity index (χ2v) is 4.52. The van der Waals surface area contributed by atoms with Crippen molar-refractivity contribution in [2.45, 2.75) is 13.3 Å². The molecule has 3 heteroatoms. The van der Waals surface area contributed by atoms with Crippen molar-refractivity contribution >= 4 is 11.5 Å². The van der Waals surface area contributed by atoms with Crippen LogP contribution in [0.25, 0.3) is 0 Å². The third-order valence-electron chi connectivity index (χ3n) is 3.10. The molecule has 0 amide bonds. The molecule has 19 heavy (non-hydrogen) atoms. The van der Waals surface area contributed by atoms with E-state index in [-0.39, 0.29) is 5.78 Å². The third kappa shape index (κ3) is 3.13. The minimum atomic E-state index is 0.0555. The number of ketones is 1. The van der Waals surface area contributed by atoms with Gasteiger partial charge in [-0.3, -0.25) is 4.79 Å². The molecule has 0 aliphatic rings. The number of hydrogen-bond acceptors (Lipinski definition) is 3. The lowest BCUT2D eigenvalue weighted by molar-refractivity contribution is 0.0993. The summed E-state index contributed by atoms with van der Waals surface area (Å²) in [7, 11) is 1.61. The average molecular weight is 255 g/mol. The molecular formula is C16H17NO2. The van der Waals surface area contributed by atoms with Crippen molar-refractivity contribution in [1.82, 2.24) is 0 Å². The smallest absolute Gasteiger partial charge is 0.167 e. The van der Waals surface area contributed by atoms with E-state index in [1.165, 1.54) is 0 Å². The van der Waals surface area contributed by atoms with Gasteiger partial charge >= 0.3 is 0 Å². The highest BCUT2D eigenvalue weighted by atomic mass is 16.5. The van der Waals surface area contributed by atoms with Crippen LogP contribution in [0.15, 0.2) is 42.5 Å². The zero-order chi connectivity index (χ0) is 13.8. The van der Waals surface area contributed by atoms with Crippen LogP contribution in [0.5, 0.6) is 5.75 Å². The van der Waals surface area contributed by atoms with Gasteiger partial charge in [-0.25, -0.2) is 0 Å². The van der Waals surface area contributed by atoms with Gasteiger partial charge in [-0.2, -0.15) is 0 Å². The second-order valence-electron chi connectivity index (χ2n) is 4.52. The van der Waals surface area contributed by atoms with Crippen molar-refractivity contribution in [2.24, 2.45) is 0 Å². The van der Waals surface area contributed by atoms with Gasteiger partial charge in [0.1, 0.15) is 5.75 Å². The molecule has 3 nitrogen and oxygen atoms in total. The number of aryl methyl sites for hydroxylation is 1. The highest BCUT2D eigenvalue weighted by molar-refractivity contribution is 5.98. The maximum atomic E-state index is 12.2. The number of Topliss-reactive ketones (excluding diaryl/α,β-unsaturated/α-hetero) is 1. The molecule has 0 saturated carbocycles. The van der Waals surface area contributed by atoms with Crippen LogP contribution in [0.3, 0.4) is 0 Å². The van der Waals surface area contributed by atoms with Crippen molar-refractivity contribution in [3.05, 3.63) is 59.2 Å². The molecule has 98 valence electrons. The van der Waals surface area contributed by atoms with E-state index in [1.807, 2.05) is 43.3 Å². The van der Waals surface area contributed by atoms with Gasteiger partial charge in [0.15, 0.2) is 5.78 Å². The minimum absolute atomic E-state index is 0.0555. The number of benzene rings is 2. The molecular weight excluding hydrogens is 238 g/mol. The summed E-state index contributed by atoms with van der Waals surface area (Å²) in [5, 5.41) is 0. The fraction of sp³-hybridized carbons (Fsp3) is 0.188. The maximum absolute atomic E-state index is 12.2. The molecule has 0 saturated heterocycles. The topological polar surface area (TPSA) is 52.3 Å². The van der Waals surface area contributed by atoms with Crippen molar-refractivity contribution in [2.75, 3.05) is 12.8 Å². The summed E-state index contributed by atoms with van der Waals surface area (Å²) in [5.41, 5.74) is 9.04. The fourth-order valence-corrected chi connectivity index (χ4v) is 1.88. The SMILES string of the molecule is COc1cccc(CC(=O)c2ccc(C)c(N)c2)c1. The first kappa shape index (κ1) is 13.1. The molecule has 0 heterocycles. The molecule has 0 spiro atoms.